The van der Waals surface area contributed by atoms with E-state index in [1.165, 1.54) is 16.0 Å². The smallest absolute Gasteiger partial charge is 0.280 e. The Morgan fingerprint density at radius 2 is 2.47 bits per heavy atom. The van der Waals surface area contributed by atoms with Crippen LogP contribution in [0.25, 0.3) is 0 Å². The molecule has 6 nitrogen and oxygen atoms in total. The van der Waals surface area contributed by atoms with Crippen molar-refractivity contribution in [3.05, 3.63) is 23.5 Å². The minimum atomic E-state index is -0.344. The lowest BCUT2D eigenvalue weighted by Crippen LogP contribution is -2.14. The van der Waals surface area contributed by atoms with Gasteiger partial charge in [0.25, 0.3) is 5.91 Å². The van der Waals surface area contributed by atoms with E-state index >= 15 is 0 Å². The quantitative estimate of drug-likeness (QED) is 0.785. The Morgan fingerprint density at radius 1 is 1.67 bits per heavy atom. The van der Waals surface area contributed by atoms with E-state index in [1.807, 2.05) is 0 Å². The van der Waals surface area contributed by atoms with E-state index in [1.54, 1.807) is 24.8 Å². The second kappa shape index (κ2) is 3.70. The van der Waals surface area contributed by atoms with E-state index in [4.69, 9.17) is 5.73 Å². The maximum Gasteiger partial charge on any atom is 0.280 e. The molecule has 0 saturated heterocycles. The van der Waals surface area contributed by atoms with E-state index in [2.05, 4.69) is 15.4 Å². The van der Waals surface area contributed by atoms with Crippen LogP contribution in [0.15, 0.2) is 17.8 Å². The first-order valence-corrected chi connectivity index (χ1v) is 5.05. The maximum atomic E-state index is 11.6. The third-order valence-electron chi connectivity index (χ3n) is 1.72. The summed E-state index contributed by atoms with van der Waals surface area (Å²) in [6.07, 6.45) is 3.19. The van der Waals surface area contributed by atoms with Gasteiger partial charge in [-0.05, 0) is 0 Å². The molecular formula is C8H9N5OS. The zero-order valence-electron chi connectivity index (χ0n) is 7.97. The van der Waals surface area contributed by atoms with Gasteiger partial charge in [0, 0.05) is 24.8 Å². The molecule has 2 rings (SSSR count). The van der Waals surface area contributed by atoms with Crippen LogP contribution in [0.2, 0.25) is 0 Å². The Kier molecular flexibility index (Phi) is 2.38. The van der Waals surface area contributed by atoms with Crippen molar-refractivity contribution in [2.75, 3.05) is 11.1 Å². The molecule has 0 unspecified atom stereocenters. The van der Waals surface area contributed by atoms with Gasteiger partial charge in [-0.1, -0.05) is 0 Å². The molecule has 0 aliphatic heterocycles. The van der Waals surface area contributed by atoms with Gasteiger partial charge >= 0.3 is 0 Å². The molecule has 0 bridgehead atoms. The molecule has 0 aliphatic rings. The van der Waals surface area contributed by atoms with E-state index in [0.29, 0.717) is 10.8 Å². The Balaban J connectivity index is 2.18. The van der Waals surface area contributed by atoms with Gasteiger partial charge in [-0.3, -0.25) is 14.8 Å². The largest absolute Gasteiger partial charge is 0.396 e. The maximum absolute atomic E-state index is 11.6. The third kappa shape index (κ3) is 1.96. The van der Waals surface area contributed by atoms with Crippen molar-refractivity contribution in [3.8, 4) is 0 Å². The van der Waals surface area contributed by atoms with Crippen molar-refractivity contribution in [1.82, 2.24) is 14.8 Å². The van der Waals surface area contributed by atoms with Gasteiger partial charge in [0.1, 0.15) is 0 Å². The number of thiazole rings is 1. The number of rotatable bonds is 2. The predicted molar refractivity (Wildman–Crippen MR) is 57.7 cm³/mol. The molecule has 0 saturated carbocycles. The standard InChI is InChI=1S/C8H9N5OS/c1-13-4-5(9)6(12-13)7(14)11-8-10-2-3-15-8/h2-4H,9H2,1H3,(H,10,11,14). The summed E-state index contributed by atoms with van der Waals surface area (Å²) in [5.41, 5.74) is 6.18. The van der Waals surface area contributed by atoms with Gasteiger partial charge in [0.2, 0.25) is 0 Å². The van der Waals surface area contributed by atoms with Gasteiger partial charge < -0.3 is 5.73 Å². The topological polar surface area (TPSA) is 85.8 Å². The van der Waals surface area contributed by atoms with Crippen LogP contribution in [-0.4, -0.2) is 20.7 Å². The molecular weight excluding hydrogens is 214 g/mol. The summed E-state index contributed by atoms with van der Waals surface area (Å²) in [5.74, 6) is -0.344. The van der Waals surface area contributed by atoms with Crippen molar-refractivity contribution in [1.29, 1.82) is 0 Å². The average Bonchev–Trinajstić information content (AvgIpc) is 2.75. The predicted octanol–water partition coefficient (Wildman–Crippen LogP) is 0.711. The van der Waals surface area contributed by atoms with Gasteiger partial charge in [-0.25, -0.2) is 4.98 Å². The number of hydrogen-bond donors (Lipinski definition) is 2. The summed E-state index contributed by atoms with van der Waals surface area (Å²) in [6, 6.07) is 0. The number of carbonyl (C=O) groups is 1. The molecule has 78 valence electrons. The molecule has 0 spiro atoms. The lowest BCUT2D eigenvalue weighted by molar-refractivity contribution is 0.102. The number of nitrogens with two attached hydrogens (primary N) is 1. The third-order valence-corrected chi connectivity index (χ3v) is 2.41. The van der Waals surface area contributed by atoms with Crippen LogP contribution in [0.5, 0.6) is 0 Å². The number of nitrogens with one attached hydrogen (secondary N) is 1. The Morgan fingerprint density at radius 3 is 3.00 bits per heavy atom. The second-order valence-electron chi connectivity index (χ2n) is 2.90. The highest BCUT2D eigenvalue weighted by molar-refractivity contribution is 7.13. The van der Waals surface area contributed by atoms with Crippen molar-refractivity contribution in [2.45, 2.75) is 0 Å². The van der Waals surface area contributed by atoms with Crippen LogP contribution < -0.4 is 11.1 Å². The Hall–Kier alpha value is -1.89. The summed E-state index contributed by atoms with van der Waals surface area (Å²) < 4.78 is 1.49. The Bertz CT molecular complexity index is 475. The van der Waals surface area contributed by atoms with Crippen molar-refractivity contribution in [2.24, 2.45) is 7.05 Å². The molecule has 2 heterocycles. The summed E-state index contributed by atoms with van der Waals surface area (Å²) in [7, 11) is 1.70. The summed E-state index contributed by atoms with van der Waals surface area (Å²) in [4.78, 5) is 15.6. The number of amides is 1. The van der Waals surface area contributed by atoms with Gasteiger partial charge in [0.15, 0.2) is 10.8 Å². The number of nitrogen functional groups attached to an aromatic ring is 1. The fourth-order valence-electron chi connectivity index (χ4n) is 1.12. The van der Waals surface area contributed by atoms with Crippen molar-refractivity contribution >= 4 is 28.1 Å². The van der Waals surface area contributed by atoms with Crippen LogP contribution in [-0.2, 0) is 7.05 Å². The molecule has 0 radical (unpaired) electrons. The van der Waals surface area contributed by atoms with Crippen LogP contribution >= 0.6 is 11.3 Å². The number of hydrogen-bond acceptors (Lipinski definition) is 5. The molecule has 3 N–H and O–H groups in total. The van der Waals surface area contributed by atoms with Crippen LogP contribution in [0, 0.1) is 0 Å². The molecule has 2 aromatic heterocycles. The molecule has 0 aromatic carbocycles. The minimum absolute atomic E-state index is 0.215. The molecule has 2 aromatic rings. The molecule has 7 heteroatoms. The lowest BCUT2D eigenvalue weighted by Gasteiger charge is -1.98. The number of aryl methyl sites for hydroxylation is 1. The second-order valence-corrected chi connectivity index (χ2v) is 3.79. The van der Waals surface area contributed by atoms with Gasteiger partial charge in [-0.2, -0.15) is 5.10 Å². The highest BCUT2D eigenvalue weighted by Crippen LogP contribution is 2.14. The van der Waals surface area contributed by atoms with Crippen LogP contribution in [0.4, 0.5) is 10.8 Å². The highest BCUT2D eigenvalue weighted by Gasteiger charge is 2.14. The first-order chi connectivity index (χ1) is 7.16. The first-order valence-electron chi connectivity index (χ1n) is 4.17. The zero-order chi connectivity index (χ0) is 10.8. The molecule has 1 amide bonds. The number of aromatic nitrogens is 3. The number of anilines is 2. The Labute approximate surface area is 89.7 Å². The summed E-state index contributed by atoms with van der Waals surface area (Å²) in [6.45, 7) is 0. The van der Waals surface area contributed by atoms with Crippen molar-refractivity contribution in [3.63, 3.8) is 0 Å². The lowest BCUT2D eigenvalue weighted by atomic mass is 10.3. The average molecular weight is 223 g/mol. The van der Waals surface area contributed by atoms with E-state index in [9.17, 15) is 4.79 Å². The molecule has 0 atom stereocenters. The molecule has 0 aliphatic carbocycles. The summed E-state index contributed by atoms with van der Waals surface area (Å²) in [5, 5.41) is 8.86. The zero-order valence-corrected chi connectivity index (χ0v) is 8.78. The fourth-order valence-corrected chi connectivity index (χ4v) is 1.65. The van der Waals surface area contributed by atoms with E-state index < -0.39 is 0 Å². The summed E-state index contributed by atoms with van der Waals surface area (Å²) >= 11 is 1.34. The minimum Gasteiger partial charge on any atom is -0.396 e. The fraction of sp³-hybridized carbons (Fsp3) is 0.125. The van der Waals surface area contributed by atoms with E-state index in [0.717, 1.165) is 0 Å². The SMILES string of the molecule is Cn1cc(N)c(C(=O)Nc2nccs2)n1. The monoisotopic (exact) mass is 223 g/mol. The normalized spacial score (nSPS) is 10.2. The van der Waals surface area contributed by atoms with Crippen molar-refractivity contribution < 1.29 is 4.79 Å². The molecule has 15 heavy (non-hydrogen) atoms. The van der Waals surface area contributed by atoms with E-state index in [-0.39, 0.29) is 11.6 Å². The first kappa shape index (κ1) is 9.66. The van der Waals surface area contributed by atoms with Crippen LogP contribution in [0.1, 0.15) is 10.5 Å². The highest BCUT2D eigenvalue weighted by atomic mass is 32.1. The molecule has 0 fully saturated rings. The van der Waals surface area contributed by atoms with Crippen LogP contribution in [0.3, 0.4) is 0 Å². The van der Waals surface area contributed by atoms with Gasteiger partial charge in [-0.15, -0.1) is 11.3 Å². The number of carbonyl (C=O) groups excluding carboxylic acids is 1. The van der Waals surface area contributed by atoms with Gasteiger partial charge in [0.05, 0.1) is 5.69 Å². The number of nitrogens with zero attached hydrogens (tertiary/aromatic N) is 3.